The Labute approximate surface area is 239 Å². The fourth-order valence-electron chi connectivity index (χ4n) is 7.01. The van der Waals surface area contributed by atoms with Crippen LogP contribution in [0.3, 0.4) is 0 Å². The van der Waals surface area contributed by atoms with Crippen molar-refractivity contribution in [3.05, 3.63) is 77.5 Å². The molecule has 0 radical (unpaired) electrons. The Morgan fingerprint density at radius 3 is 2.76 bits per heavy atom. The van der Waals surface area contributed by atoms with Gasteiger partial charge in [-0.25, -0.2) is 14.8 Å². The van der Waals surface area contributed by atoms with E-state index in [1.165, 1.54) is 24.7 Å². The molecule has 0 spiro atoms. The predicted molar refractivity (Wildman–Crippen MR) is 159 cm³/mol. The lowest BCUT2D eigenvalue weighted by Gasteiger charge is -2.21. The van der Waals surface area contributed by atoms with Gasteiger partial charge in [0.2, 0.25) is 0 Å². The maximum absolute atomic E-state index is 12.5. The van der Waals surface area contributed by atoms with Crippen LogP contribution in [0.5, 0.6) is 5.75 Å². The van der Waals surface area contributed by atoms with Gasteiger partial charge in [0.1, 0.15) is 16.9 Å². The Hall–Kier alpha value is -4.17. The summed E-state index contributed by atoms with van der Waals surface area (Å²) < 4.78 is 15.5. The van der Waals surface area contributed by atoms with Crippen LogP contribution in [-0.2, 0) is 17.8 Å². The van der Waals surface area contributed by atoms with E-state index in [1.54, 1.807) is 19.2 Å². The number of fused-ring (bicyclic) bond motifs is 11. The van der Waals surface area contributed by atoms with E-state index >= 15 is 0 Å². The third-order valence-electron chi connectivity index (χ3n) is 8.88. The Kier molecular flexibility index (Phi) is 6.50. The molecule has 8 heteroatoms. The second-order valence-electron chi connectivity index (χ2n) is 11.5. The molecule has 2 bridgehead atoms. The van der Waals surface area contributed by atoms with Crippen LogP contribution in [0, 0.1) is 5.92 Å². The Bertz CT molecular complexity index is 1770. The molecule has 8 nitrogen and oxygen atoms in total. The molecule has 210 valence electrons. The van der Waals surface area contributed by atoms with Gasteiger partial charge < -0.3 is 23.5 Å². The number of pyridine rings is 1. The highest BCUT2D eigenvalue weighted by atomic mass is 16.5. The maximum atomic E-state index is 12.5. The minimum Gasteiger partial charge on any atom is -0.494 e. The first-order valence-electron chi connectivity index (χ1n) is 14.4. The van der Waals surface area contributed by atoms with Gasteiger partial charge in [-0.3, -0.25) is 0 Å². The molecule has 1 saturated heterocycles. The van der Waals surface area contributed by atoms with Crippen LogP contribution in [0.15, 0.2) is 60.8 Å². The largest absolute Gasteiger partial charge is 0.494 e. The molecular formula is C33H35N5O3. The lowest BCUT2D eigenvalue weighted by Crippen LogP contribution is -2.14. The first kappa shape index (κ1) is 25.8. The van der Waals surface area contributed by atoms with E-state index in [1.807, 2.05) is 12.3 Å². The Morgan fingerprint density at radius 2 is 1.90 bits per heavy atom. The van der Waals surface area contributed by atoms with Gasteiger partial charge in [-0.1, -0.05) is 30.7 Å². The van der Waals surface area contributed by atoms with E-state index in [-0.39, 0.29) is 0 Å². The standard InChI is InChI=1S/C33H35N5O3/c1-36-19-24-9-4-5-13-37-28(16-23-11-7-12-34-31(23)37)32-35-27-15-25(33(39)41-3)17-29(40-2)30(27)38(32)18-21-8-6-10-22(14-21)26(24)20-36/h6-8,10-12,14-17,24,26H,4-5,9,13,18-20H2,1-3H3. The first-order valence-corrected chi connectivity index (χ1v) is 14.4. The van der Waals surface area contributed by atoms with Crippen LogP contribution in [0.4, 0.5) is 0 Å². The summed E-state index contributed by atoms with van der Waals surface area (Å²) in [5.41, 5.74) is 6.59. The van der Waals surface area contributed by atoms with Crippen molar-refractivity contribution in [3.63, 3.8) is 0 Å². The van der Waals surface area contributed by atoms with E-state index in [9.17, 15) is 4.79 Å². The number of benzene rings is 2. The Balaban J connectivity index is 1.48. The lowest BCUT2D eigenvalue weighted by atomic mass is 9.85. The van der Waals surface area contributed by atoms with E-state index < -0.39 is 5.97 Å². The van der Waals surface area contributed by atoms with Crippen molar-refractivity contribution >= 4 is 28.0 Å². The number of aryl methyl sites for hydroxylation is 1. The number of esters is 1. The second-order valence-corrected chi connectivity index (χ2v) is 11.5. The third kappa shape index (κ3) is 4.47. The van der Waals surface area contributed by atoms with Gasteiger partial charge in [-0.05, 0) is 67.3 Å². The highest BCUT2D eigenvalue weighted by molar-refractivity contribution is 5.97. The summed E-state index contributed by atoms with van der Waals surface area (Å²) in [6, 6.07) is 18.9. The summed E-state index contributed by atoms with van der Waals surface area (Å²) in [7, 11) is 5.27. The minimum atomic E-state index is -0.415. The Morgan fingerprint density at radius 1 is 1.00 bits per heavy atom. The number of rotatable bonds is 2. The van der Waals surface area contributed by atoms with Gasteiger partial charge in [-0.2, -0.15) is 0 Å². The van der Waals surface area contributed by atoms with Crippen LogP contribution in [0.25, 0.3) is 33.6 Å². The summed E-state index contributed by atoms with van der Waals surface area (Å²) in [5, 5.41) is 1.09. The van der Waals surface area contributed by atoms with E-state index in [2.05, 4.69) is 57.5 Å². The molecule has 3 aromatic heterocycles. The fraction of sp³-hybridized carbons (Fsp3) is 0.364. The van der Waals surface area contributed by atoms with Crippen molar-refractivity contribution in [1.29, 1.82) is 0 Å². The highest BCUT2D eigenvalue weighted by Gasteiger charge is 2.32. The number of aromatic nitrogens is 4. The molecule has 0 saturated carbocycles. The SMILES string of the molecule is COC(=O)c1cc(OC)c2c(c1)nc1n2Cc2cccc(c2)C2CN(C)CC2CCCCn2c-1cc1cccnc12. The molecule has 41 heavy (non-hydrogen) atoms. The van der Waals surface area contributed by atoms with Crippen molar-refractivity contribution in [2.24, 2.45) is 5.92 Å². The molecule has 1 fully saturated rings. The zero-order valence-electron chi connectivity index (χ0n) is 23.8. The van der Waals surface area contributed by atoms with E-state index in [0.29, 0.717) is 35.2 Å². The number of carbonyl (C=O) groups excluding carboxylic acids is 1. The summed E-state index contributed by atoms with van der Waals surface area (Å²) >= 11 is 0. The normalized spacial score (nSPS) is 19.4. The van der Waals surface area contributed by atoms with E-state index in [0.717, 1.165) is 60.5 Å². The number of likely N-dealkylation sites (tertiary alicyclic amines) is 1. The van der Waals surface area contributed by atoms with Crippen molar-refractivity contribution in [2.45, 2.75) is 38.3 Å². The molecule has 0 amide bonds. The topological polar surface area (TPSA) is 74.4 Å². The molecule has 2 aliphatic heterocycles. The van der Waals surface area contributed by atoms with Crippen molar-refractivity contribution in [1.82, 2.24) is 24.0 Å². The number of ether oxygens (including phenoxy) is 2. The first-order chi connectivity index (χ1) is 20.0. The smallest absolute Gasteiger partial charge is 0.338 e. The quantitative estimate of drug-likeness (QED) is 0.262. The fourth-order valence-corrected chi connectivity index (χ4v) is 7.01. The number of nitrogens with zero attached hydrogens (tertiary/aromatic N) is 5. The number of hydrogen-bond acceptors (Lipinski definition) is 6. The molecule has 2 aliphatic rings. The number of imidazole rings is 1. The molecule has 0 N–H and O–H groups in total. The number of carbonyl (C=O) groups is 1. The third-order valence-corrected chi connectivity index (χ3v) is 8.88. The molecular weight excluding hydrogens is 514 g/mol. The zero-order valence-corrected chi connectivity index (χ0v) is 23.8. The zero-order chi connectivity index (χ0) is 28.1. The molecule has 2 unspecified atom stereocenters. The van der Waals surface area contributed by atoms with Gasteiger partial charge in [-0.15, -0.1) is 0 Å². The second kappa shape index (κ2) is 10.3. The number of likely N-dealkylation sites (N-methyl/N-ethyl adjacent to an activating group) is 1. The van der Waals surface area contributed by atoms with Gasteiger partial charge in [0.05, 0.1) is 31.0 Å². The molecule has 2 atom stereocenters. The summed E-state index contributed by atoms with van der Waals surface area (Å²) in [6.45, 7) is 3.72. The molecule has 0 aliphatic carbocycles. The average molecular weight is 550 g/mol. The maximum Gasteiger partial charge on any atom is 0.338 e. The monoisotopic (exact) mass is 549 g/mol. The molecule has 5 heterocycles. The lowest BCUT2D eigenvalue weighted by molar-refractivity contribution is 0.0600. The van der Waals surface area contributed by atoms with Gasteiger partial charge >= 0.3 is 5.97 Å². The molecule has 2 aromatic carbocycles. The average Bonchev–Trinajstić information content (AvgIpc) is 3.67. The summed E-state index contributed by atoms with van der Waals surface area (Å²) in [4.78, 5) is 25.0. The van der Waals surface area contributed by atoms with Crippen LogP contribution in [-0.4, -0.2) is 64.3 Å². The van der Waals surface area contributed by atoms with Gasteiger partial charge in [0, 0.05) is 43.7 Å². The van der Waals surface area contributed by atoms with E-state index in [4.69, 9.17) is 19.4 Å². The van der Waals surface area contributed by atoms with Crippen LogP contribution in [0.2, 0.25) is 0 Å². The minimum absolute atomic E-state index is 0.415. The van der Waals surface area contributed by atoms with Gasteiger partial charge in [0.25, 0.3) is 0 Å². The summed E-state index contributed by atoms with van der Waals surface area (Å²) in [6.07, 6.45) is 5.30. The number of methoxy groups -OCH3 is 2. The van der Waals surface area contributed by atoms with Crippen LogP contribution < -0.4 is 4.74 Å². The van der Waals surface area contributed by atoms with Gasteiger partial charge in [0.15, 0.2) is 5.82 Å². The molecule has 7 rings (SSSR count). The molecule has 5 aromatic rings. The summed E-state index contributed by atoms with van der Waals surface area (Å²) in [5.74, 6) is 2.19. The van der Waals surface area contributed by atoms with Crippen LogP contribution >= 0.6 is 0 Å². The van der Waals surface area contributed by atoms with Crippen LogP contribution in [0.1, 0.15) is 46.7 Å². The van der Waals surface area contributed by atoms with Crippen molar-refractivity contribution < 1.29 is 14.3 Å². The van der Waals surface area contributed by atoms with Crippen molar-refractivity contribution in [2.75, 3.05) is 34.4 Å². The van der Waals surface area contributed by atoms with Crippen molar-refractivity contribution in [3.8, 4) is 17.3 Å². The highest BCUT2D eigenvalue weighted by Crippen LogP contribution is 2.38. The predicted octanol–water partition coefficient (Wildman–Crippen LogP) is 5.73. The number of hydrogen-bond donors (Lipinski definition) is 0.